The van der Waals surface area contributed by atoms with Crippen LogP contribution in [-0.4, -0.2) is 22.4 Å². The highest BCUT2D eigenvalue weighted by Gasteiger charge is 2.36. The molecule has 1 rings (SSSR count). The summed E-state index contributed by atoms with van der Waals surface area (Å²) in [5, 5.41) is 19.1. The predicted octanol–water partition coefficient (Wildman–Crippen LogP) is 2.12. The molecule has 0 amide bonds. The second-order valence-electron chi connectivity index (χ2n) is 3.14. The summed E-state index contributed by atoms with van der Waals surface area (Å²) in [6.07, 6.45) is -5.95. The van der Waals surface area contributed by atoms with Gasteiger partial charge in [-0.25, -0.2) is 0 Å². The number of nitro benzene ring substituents is 1. The molecule has 0 aliphatic rings. The van der Waals surface area contributed by atoms with Crippen molar-refractivity contribution in [2.45, 2.75) is 12.8 Å². The van der Waals surface area contributed by atoms with Crippen LogP contribution in [-0.2, 0) is 11.2 Å². The summed E-state index contributed by atoms with van der Waals surface area (Å²) in [6, 6.07) is 2.90. The van der Waals surface area contributed by atoms with Gasteiger partial charge in [0.1, 0.15) is 0 Å². The molecule has 0 aliphatic carbocycles. The predicted molar refractivity (Wildman–Crippen MR) is 51.1 cm³/mol. The average molecular weight is 265 g/mol. The van der Waals surface area contributed by atoms with Crippen molar-refractivity contribution in [2.24, 2.45) is 0 Å². The fourth-order valence-electron chi connectivity index (χ4n) is 1.25. The quantitative estimate of drug-likeness (QED) is 0.665. The fourth-order valence-corrected chi connectivity index (χ4v) is 1.25. The molecule has 0 aliphatic heterocycles. The molecule has 1 aromatic carbocycles. The third kappa shape index (κ3) is 3.61. The maximum absolute atomic E-state index is 12.1. The Morgan fingerprint density at radius 2 is 2.06 bits per heavy atom. The van der Waals surface area contributed by atoms with Crippen molar-refractivity contribution in [3.63, 3.8) is 0 Å². The van der Waals surface area contributed by atoms with Crippen molar-refractivity contribution in [3.05, 3.63) is 33.9 Å². The first-order chi connectivity index (χ1) is 8.20. The van der Waals surface area contributed by atoms with Gasteiger partial charge >= 0.3 is 18.0 Å². The minimum Gasteiger partial charge on any atom is -0.481 e. The van der Waals surface area contributed by atoms with Gasteiger partial charge in [-0.3, -0.25) is 14.9 Å². The number of aliphatic carboxylic acids is 1. The number of hydrogen-bond acceptors (Lipinski definition) is 4. The number of rotatable bonds is 4. The average Bonchev–Trinajstić information content (AvgIpc) is 2.17. The Hall–Kier alpha value is -2.32. The van der Waals surface area contributed by atoms with E-state index in [-0.39, 0.29) is 0 Å². The van der Waals surface area contributed by atoms with Crippen LogP contribution in [0.15, 0.2) is 18.2 Å². The minimum absolute atomic E-state index is 0.422. The van der Waals surface area contributed by atoms with Crippen LogP contribution in [0.3, 0.4) is 0 Å². The first-order valence-corrected chi connectivity index (χ1v) is 4.44. The molecule has 0 atom stereocenters. The smallest absolute Gasteiger partial charge is 0.481 e. The molecule has 0 spiro atoms. The Kier molecular flexibility index (Phi) is 3.74. The molecule has 0 saturated carbocycles. The first-order valence-electron chi connectivity index (χ1n) is 4.44. The summed E-state index contributed by atoms with van der Waals surface area (Å²) in [6.45, 7) is 0. The lowest BCUT2D eigenvalue weighted by Crippen LogP contribution is -2.19. The lowest BCUT2D eigenvalue weighted by Gasteiger charge is -2.12. The van der Waals surface area contributed by atoms with E-state index in [9.17, 15) is 28.1 Å². The molecule has 0 fully saturated rings. The number of benzene rings is 1. The van der Waals surface area contributed by atoms with Gasteiger partial charge in [-0.1, -0.05) is 12.1 Å². The third-order valence-corrected chi connectivity index (χ3v) is 1.83. The van der Waals surface area contributed by atoms with Gasteiger partial charge in [-0.15, -0.1) is 13.2 Å². The number of alkyl halides is 3. The van der Waals surface area contributed by atoms with Gasteiger partial charge < -0.3 is 9.84 Å². The molecule has 0 saturated heterocycles. The molecule has 0 bridgehead atoms. The van der Waals surface area contributed by atoms with Crippen LogP contribution < -0.4 is 4.74 Å². The zero-order valence-corrected chi connectivity index (χ0v) is 8.60. The third-order valence-electron chi connectivity index (χ3n) is 1.83. The van der Waals surface area contributed by atoms with Crippen LogP contribution in [0, 0.1) is 10.1 Å². The van der Waals surface area contributed by atoms with Crippen molar-refractivity contribution in [1.29, 1.82) is 0 Å². The number of carbonyl (C=O) groups is 1. The molecule has 0 radical (unpaired) electrons. The highest BCUT2D eigenvalue weighted by atomic mass is 19.4. The molecular weight excluding hydrogens is 259 g/mol. The maximum atomic E-state index is 12.1. The molecular formula is C9H6F3NO5. The lowest BCUT2D eigenvalue weighted by atomic mass is 10.1. The van der Waals surface area contributed by atoms with E-state index < -0.39 is 40.7 Å². The Morgan fingerprint density at radius 1 is 1.44 bits per heavy atom. The molecule has 18 heavy (non-hydrogen) atoms. The second kappa shape index (κ2) is 4.90. The number of hydrogen-bond donors (Lipinski definition) is 1. The lowest BCUT2D eigenvalue weighted by molar-refractivity contribution is -0.388. The van der Waals surface area contributed by atoms with E-state index in [0.717, 1.165) is 18.2 Å². The van der Waals surface area contributed by atoms with Crippen LogP contribution in [0.5, 0.6) is 5.75 Å². The van der Waals surface area contributed by atoms with E-state index >= 15 is 0 Å². The highest BCUT2D eigenvalue weighted by molar-refractivity contribution is 5.72. The number of nitrogens with zero attached hydrogens (tertiary/aromatic N) is 1. The Morgan fingerprint density at radius 3 is 2.50 bits per heavy atom. The van der Waals surface area contributed by atoms with Crippen LogP contribution >= 0.6 is 0 Å². The maximum Gasteiger partial charge on any atom is 0.573 e. The molecule has 9 heteroatoms. The van der Waals surface area contributed by atoms with Gasteiger partial charge in [0.15, 0.2) is 0 Å². The molecule has 6 nitrogen and oxygen atoms in total. The molecule has 98 valence electrons. The van der Waals surface area contributed by atoms with Crippen LogP contribution in [0.25, 0.3) is 0 Å². The van der Waals surface area contributed by atoms with Gasteiger partial charge in [-0.2, -0.15) is 0 Å². The van der Waals surface area contributed by atoms with Crippen molar-refractivity contribution in [2.75, 3.05) is 0 Å². The zero-order chi connectivity index (χ0) is 13.9. The summed E-state index contributed by atoms with van der Waals surface area (Å²) in [4.78, 5) is 19.9. The minimum atomic E-state index is -5.14. The van der Waals surface area contributed by atoms with Crippen LogP contribution in [0.4, 0.5) is 18.9 Å². The molecule has 1 aromatic rings. The van der Waals surface area contributed by atoms with Crippen molar-refractivity contribution >= 4 is 11.7 Å². The van der Waals surface area contributed by atoms with E-state index in [1.54, 1.807) is 0 Å². The van der Waals surface area contributed by atoms with Gasteiger partial charge in [0.05, 0.1) is 11.3 Å². The standard InChI is InChI=1S/C9H6F3NO5/c10-9(11,12)18-8-5(4-7(14)15)2-1-3-6(8)13(16)17/h1-3H,4H2,(H,14,15). The number of para-hydroxylation sites is 1. The Balaban J connectivity index is 3.29. The van der Waals surface area contributed by atoms with Crippen LogP contribution in [0.2, 0.25) is 0 Å². The van der Waals surface area contributed by atoms with Crippen LogP contribution in [0.1, 0.15) is 5.56 Å². The summed E-state index contributed by atoms with van der Waals surface area (Å²) in [5.41, 5.74) is -1.36. The number of carboxylic acid groups (broad SMARTS) is 1. The Labute approximate surface area is 97.7 Å². The van der Waals surface area contributed by atoms with E-state index in [1.165, 1.54) is 0 Å². The van der Waals surface area contributed by atoms with E-state index in [0.29, 0.717) is 0 Å². The molecule has 0 aromatic heterocycles. The molecule has 0 heterocycles. The number of nitro groups is 1. The molecule has 1 N–H and O–H groups in total. The van der Waals surface area contributed by atoms with E-state index in [1.807, 2.05) is 0 Å². The summed E-state index contributed by atoms with van der Waals surface area (Å²) >= 11 is 0. The molecule has 0 unspecified atom stereocenters. The number of ether oxygens (including phenoxy) is 1. The topological polar surface area (TPSA) is 89.7 Å². The largest absolute Gasteiger partial charge is 0.573 e. The van der Waals surface area contributed by atoms with Crippen molar-refractivity contribution in [1.82, 2.24) is 0 Å². The zero-order valence-electron chi connectivity index (χ0n) is 8.60. The second-order valence-corrected chi connectivity index (χ2v) is 3.14. The first kappa shape index (κ1) is 13.7. The number of carboxylic acids is 1. The normalized spacial score (nSPS) is 11.1. The Bertz CT molecular complexity index is 486. The fraction of sp³-hybridized carbons (Fsp3) is 0.222. The van der Waals surface area contributed by atoms with E-state index in [4.69, 9.17) is 5.11 Å². The summed E-state index contributed by atoms with van der Waals surface area (Å²) in [7, 11) is 0. The van der Waals surface area contributed by atoms with E-state index in [2.05, 4.69) is 4.74 Å². The monoisotopic (exact) mass is 265 g/mol. The van der Waals surface area contributed by atoms with Gasteiger partial charge in [-0.05, 0) is 0 Å². The van der Waals surface area contributed by atoms with Crippen molar-refractivity contribution < 1.29 is 32.7 Å². The van der Waals surface area contributed by atoms with Gasteiger partial charge in [0, 0.05) is 11.6 Å². The summed E-state index contributed by atoms with van der Waals surface area (Å²) in [5.74, 6) is -2.53. The summed E-state index contributed by atoms with van der Waals surface area (Å²) < 4.78 is 39.9. The number of halogens is 3. The van der Waals surface area contributed by atoms with Gasteiger partial charge in [0.25, 0.3) is 0 Å². The SMILES string of the molecule is O=C(O)Cc1cccc([N+](=O)[O-])c1OC(F)(F)F. The van der Waals surface area contributed by atoms with Crippen molar-refractivity contribution in [3.8, 4) is 5.75 Å². The van der Waals surface area contributed by atoms with Gasteiger partial charge in [0.2, 0.25) is 5.75 Å². The highest BCUT2D eigenvalue weighted by Crippen LogP contribution is 2.35.